The number of aromatic nitrogens is 1. The van der Waals surface area contributed by atoms with E-state index in [1.807, 2.05) is 24.4 Å². The van der Waals surface area contributed by atoms with E-state index in [4.69, 9.17) is 4.74 Å². The number of hydrogen-bond donors (Lipinski definition) is 1. The largest absolute Gasteiger partial charge is 0.486 e. The molecule has 0 amide bonds. The first-order chi connectivity index (χ1) is 10.0. The molecule has 0 spiro atoms. The van der Waals surface area contributed by atoms with Crippen molar-refractivity contribution in [1.82, 2.24) is 10.3 Å². The Morgan fingerprint density at radius 1 is 1.38 bits per heavy atom. The predicted molar refractivity (Wildman–Crippen MR) is 91.9 cm³/mol. The van der Waals surface area contributed by atoms with E-state index >= 15 is 0 Å². The molecule has 114 valence electrons. The van der Waals surface area contributed by atoms with Crippen LogP contribution in [0.2, 0.25) is 0 Å². The van der Waals surface area contributed by atoms with Crippen molar-refractivity contribution in [3.63, 3.8) is 0 Å². The minimum Gasteiger partial charge on any atom is -0.486 e. The van der Waals surface area contributed by atoms with Gasteiger partial charge in [0.25, 0.3) is 0 Å². The molecule has 0 aliphatic carbocycles. The normalized spacial score (nSPS) is 11.1. The number of benzene rings is 1. The van der Waals surface area contributed by atoms with Crippen molar-refractivity contribution in [3.8, 4) is 5.75 Å². The van der Waals surface area contributed by atoms with Crippen LogP contribution in [0.5, 0.6) is 5.75 Å². The second-order valence-corrected chi connectivity index (χ2v) is 7.25. The Morgan fingerprint density at radius 2 is 2.19 bits per heavy atom. The van der Waals surface area contributed by atoms with Crippen molar-refractivity contribution < 1.29 is 4.74 Å². The number of aryl methyl sites for hydroxylation is 1. The number of rotatable bonds is 7. The molecule has 1 aromatic carbocycles. The summed E-state index contributed by atoms with van der Waals surface area (Å²) in [4.78, 5) is 4.41. The van der Waals surface area contributed by atoms with Gasteiger partial charge in [-0.05, 0) is 43.1 Å². The Bertz CT molecular complexity index is 583. The fraction of sp³-hybridized carbons (Fsp3) is 0.438. The lowest BCUT2D eigenvalue weighted by Gasteiger charge is -2.11. The lowest BCUT2D eigenvalue weighted by Crippen LogP contribution is -2.19. The maximum absolute atomic E-state index is 5.83. The van der Waals surface area contributed by atoms with Crippen molar-refractivity contribution in [1.29, 1.82) is 0 Å². The van der Waals surface area contributed by atoms with Gasteiger partial charge < -0.3 is 10.1 Å². The van der Waals surface area contributed by atoms with Crippen LogP contribution < -0.4 is 10.1 Å². The summed E-state index contributed by atoms with van der Waals surface area (Å²) in [5.74, 6) is 1.53. The number of thiazole rings is 1. The van der Waals surface area contributed by atoms with E-state index < -0.39 is 0 Å². The van der Waals surface area contributed by atoms with Crippen LogP contribution in [-0.2, 0) is 13.2 Å². The van der Waals surface area contributed by atoms with Gasteiger partial charge in [0.1, 0.15) is 17.4 Å². The van der Waals surface area contributed by atoms with Gasteiger partial charge >= 0.3 is 0 Å². The van der Waals surface area contributed by atoms with Crippen LogP contribution in [0.3, 0.4) is 0 Å². The van der Waals surface area contributed by atoms with Crippen LogP contribution in [0.1, 0.15) is 30.1 Å². The minimum absolute atomic E-state index is 0.527. The first-order valence-electron chi connectivity index (χ1n) is 7.07. The molecule has 0 atom stereocenters. The lowest BCUT2D eigenvalue weighted by atomic mass is 10.2. The van der Waals surface area contributed by atoms with Gasteiger partial charge in [0.15, 0.2) is 0 Å². The van der Waals surface area contributed by atoms with Gasteiger partial charge in [0.2, 0.25) is 0 Å². The summed E-state index contributed by atoms with van der Waals surface area (Å²) in [6, 6.07) is 6.10. The molecule has 0 aliphatic rings. The third-order valence-electron chi connectivity index (χ3n) is 2.91. The number of hydrogen-bond acceptors (Lipinski definition) is 4. The SMILES string of the molecule is Cc1csc(COc2ccc(Br)c(CNCC(C)C)c2)n1. The molecular formula is C16H21BrN2OS. The topological polar surface area (TPSA) is 34.1 Å². The molecule has 0 saturated carbocycles. The van der Waals surface area contributed by atoms with Gasteiger partial charge in [-0.15, -0.1) is 11.3 Å². The Morgan fingerprint density at radius 3 is 2.86 bits per heavy atom. The first kappa shape index (κ1) is 16.5. The Kier molecular flexibility index (Phi) is 6.21. The molecule has 0 saturated heterocycles. The summed E-state index contributed by atoms with van der Waals surface area (Å²) < 4.78 is 6.94. The Hall–Kier alpha value is -0.910. The zero-order valence-corrected chi connectivity index (χ0v) is 15.1. The second kappa shape index (κ2) is 7.92. The van der Waals surface area contributed by atoms with Crippen molar-refractivity contribution in [2.24, 2.45) is 5.92 Å². The average Bonchev–Trinajstić information content (AvgIpc) is 2.85. The van der Waals surface area contributed by atoms with Crippen LogP contribution >= 0.6 is 27.3 Å². The van der Waals surface area contributed by atoms with Crippen LogP contribution in [0, 0.1) is 12.8 Å². The van der Waals surface area contributed by atoms with E-state index in [0.717, 1.165) is 34.0 Å². The minimum atomic E-state index is 0.527. The number of nitrogens with one attached hydrogen (secondary N) is 1. The zero-order valence-electron chi connectivity index (χ0n) is 12.6. The molecule has 2 aromatic rings. The van der Waals surface area contributed by atoms with Gasteiger partial charge in [0.05, 0.1) is 0 Å². The summed E-state index contributed by atoms with van der Waals surface area (Å²) >= 11 is 5.23. The summed E-state index contributed by atoms with van der Waals surface area (Å²) in [7, 11) is 0. The van der Waals surface area contributed by atoms with Crippen LogP contribution in [0.25, 0.3) is 0 Å². The molecule has 0 radical (unpaired) electrons. The molecule has 2 rings (SSSR count). The third-order valence-corrected chi connectivity index (χ3v) is 4.63. The molecule has 1 aromatic heterocycles. The van der Waals surface area contributed by atoms with Crippen molar-refractivity contribution in [2.75, 3.05) is 6.54 Å². The van der Waals surface area contributed by atoms with Crippen molar-refractivity contribution in [2.45, 2.75) is 33.9 Å². The molecule has 0 aliphatic heterocycles. The molecule has 0 fully saturated rings. The van der Waals surface area contributed by atoms with E-state index in [0.29, 0.717) is 12.5 Å². The Balaban J connectivity index is 1.94. The van der Waals surface area contributed by atoms with Crippen molar-refractivity contribution in [3.05, 3.63) is 44.3 Å². The highest BCUT2D eigenvalue weighted by Gasteiger charge is 2.05. The van der Waals surface area contributed by atoms with Gasteiger partial charge in [-0.25, -0.2) is 4.98 Å². The van der Waals surface area contributed by atoms with Crippen LogP contribution in [0.15, 0.2) is 28.1 Å². The predicted octanol–water partition coefficient (Wildman–Crippen LogP) is 4.54. The fourth-order valence-corrected chi connectivity index (χ4v) is 2.96. The van der Waals surface area contributed by atoms with E-state index in [1.54, 1.807) is 11.3 Å². The quantitative estimate of drug-likeness (QED) is 0.778. The highest BCUT2D eigenvalue weighted by molar-refractivity contribution is 9.10. The highest BCUT2D eigenvalue weighted by atomic mass is 79.9. The lowest BCUT2D eigenvalue weighted by molar-refractivity contribution is 0.305. The van der Waals surface area contributed by atoms with Crippen LogP contribution in [0.4, 0.5) is 0 Å². The monoisotopic (exact) mass is 368 g/mol. The maximum Gasteiger partial charge on any atom is 0.140 e. The number of nitrogens with zero attached hydrogens (tertiary/aromatic N) is 1. The first-order valence-corrected chi connectivity index (χ1v) is 8.75. The zero-order chi connectivity index (χ0) is 15.2. The summed E-state index contributed by atoms with van der Waals surface area (Å²) in [6.07, 6.45) is 0. The molecule has 1 N–H and O–H groups in total. The third kappa shape index (κ3) is 5.41. The summed E-state index contributed by atoms with van der Waals surface area (Å²) in [6.45, 7) is 8.79. The standard InChI is InChI=1S/C16H21BrN2OS/c1-11(2)7-18-8-13-6-14(4-5-15(13)17)20-9-16-19-12(3)10-21-16/h4-6,10-11,18H,7-9H2,1-3H3. The van der Waals surface area contributed by atoms with E-state index in [9.17, 15) is 0 Å². The van der Waals surface area contributed by atoms with Gasteiger partial charge in [-0.3, -0.25) is 0 Å². The summed E-state index contributed by atoms with van der Waals surface area (Å²) in [5, 5.41) is 6.50. The molecular weight excluding hydrogens is 348 g/mol. The molecule has 0 unspecified atom stereocenters. The fourth-order valence-electron chi connectivity index (χ4n) is 1.89. The molecule has 1 heterocycles. The van der Waals surface area contributed by atoms with Gasteiger partial charge in [0, 0.05) is 22.1 Å². The Labute approximate surface area is 138 Å². The smallest absolute Gasteiger partial charge is 0.140 e. The van der Waals surface area contributed by atoms with Gasteiger partial charge in [-0.2, -0.15) is 0 Å². The average molecular weight is 369 g/mol. The molecule has 3 nitrogen and oxygen atoms in total. The molecule has 21 heavy (non-hydrogen) atoms. The molecule has 5 heteroatoms. The van der Waals surface area contributed by atoms with Crippen molar-refractivity contribution >= 4 is 27.3 Å². The second-order valence-electron chi connectivity index (χ2n) is 5.45. The number of halogens is 1. The van der Waals surface area contributed by atoms with Gasteiger partial charge in [-0.1, -0.05) is 29.8 Å². The van der Waals surface area contributed by atoms with E-state index in [2.05, 4.69) is 46.1 Å². The van der Waals surface area contributed by atoms with Crippen LogP contribution in [-0.4, -0.2) is 11.5 Å². The summed E-state index contributed by atoms with van der Waals surface area (Å²) in [5.41, 5.74) is 2.26. The van der Waals surface area contributed by atoms with E-state index in [1.165, 1.54) is 5.56 Å². The molecule has 0 bridgehead atoms. The van der Waals surface area contributed by atoms with E-state index in [-0.39, 0.29) is 0 Å². The highest BCUT2D eigenvalue weighted by Crippen LogP contribution is 2.23. The number of ether oxygens (including phenoxy) is 1. The maximum atomic E-state index is 5.83.